The first-order chi connectivity index (χ1) is 13.0. The van der Waals surface area contributed by atoms with E-state index in [1.807, 2.05) is 0 Å². The molecular weight excluding hydrogens is 439 g/mol. The maximum absolute atomic E-state index is 6.60. The average molecular weight is 475 g/mol. The molecule has 148 valence electrons. The van der Waals surface area contributed by atoms with Gasteiger partial charge in [-0.25, -0.2) is 0 Å². The van der Waals surface area contributed by atoms with Crippen molar-refractivity contribution in [2.24, 2.45) is 0 Å². The van der Waals surface area contributed by atoms with Crippen LogP contribution in [0, 0.1) is 0 Å². The monoisotopic (exact) mass is 476 g/mol. The summed E-state index contributed by atoms with van der Waals surface area (Å²) in [5, 5.41) is 0. The van der Waals surface area contributed by atoms with E-state index in [4.69, 9.17) is 6.15 Å². The molecule has 3 heteroatoms. The Hall–Kier alpha value is -1.16. The van der Waals surface area contributed by atoms with E-state index in [-0.39, 0.29) is 0 Å². The fourth-order valence-electron chi connectivity index (χ4n) is 3.77. The minimum atomic E-state index is -3.21. The molecule has 0 heterocycles. The van der Waals surface area contributed by atoms with Gasteiger partial charge in [0.25, 0.3) is 0 Å². The summed E-state index contributed by atoms with van der Waals surface area (Å²) >= 11 is -3.21. The van der Waals surface area contributed by atoms with Crippen LogP contribution in [-0.2, 0) is 25.7 Å². The third kappa shape index (κ3) is 5.91. The van der Waals surface area contributed by atoms with Crippen LogP contribution in [0.3, 0.4) is 0 Å². The van der Waals surface area contributed by atoms with E-state index >= 15 is 0 Å². The summed E-state index contributed by atoms with van der Waals surface area (Å²) in [7, 11) is 0. The van der Waals surface area contributed by atoms with Crippen LogP contribution in [0.2, 0.25) is 9.88 Å². The molecule has 2 rings (SSSR count). The molecule has 0 aromatic heterocycles. The summed E-state index contributed by atoms with van der Waals surface area (Å²) in [6.45, 7) is 8.89. The summed E-state index contributed by atoms with van der Waals surface area (Å²) in [5.74, 6) is 2.07. The summed E-state index contributed by atoms with van der Waals surface area (Å²) < 4.78 is 13.2. The van der Waals surface area contributed by atoms with E-state index in [0.717, 1.165) is 50.0 Å². The molecule has 0 aliphatic heterocycles. The van der Waals surface area contributed by atoms with Crippen molar-refractivity contribution in [2.75, 3.05) is 0 Å². The normalized spacial score (nSPS) is 11.5. The molecule has 0 aliphatic carbocycles. The van der Waals surface area contributed by atoms with Gasteiger partial charge in [-0.05, 0) is 0 Å². The topological polar surface area (TPSA) is 18.5 Å². The van der Waals surface area contributed by atoms with Crippen LogP contribution in [0.15, 0.2) is 36.4 Å². The van der Waals surface area contributed by atoms with E-state index in [9.17, 15) is 0 Å². The van der Waals surface area contributed by atoms with Crippen molar-refractivity contribution < 1.29 is 6.15 Å². The first-order valence-corrected chi connectivity index (χ1v) is 18.6. The zero-order valence-electron chi connectivity index (χ0n) is 18.0. The van der Waals surface area contributed by atoms with E-state index < -0.39 is 19.2 Å². The maximum atomic E-state index is 6.60. The molecule has 27 heavy (non-hydrogen) atoms. The Morgan fingerprint density at radius 1 is 0.667 bits per heavy atom. The fraction of sp³-hybridized carbons (Fsp3) is 0.500. The molecule has 2 aromatic rings. The van der Waals surface area contributed by atoms with Crippen LogP contribution in [0.1, 0.15) is 62.8 Å². The van der Waals surface area contributed by atoms with E-state index in [1.165, 1.54) is 22.3 Å². The van der Waals surface area contributed by atoms with Crippen molar-refractivity contribution in [1.82, 2.24) is 0 Å². The zero-order valence-corrected chi connectivity index (χ0v) is 20.9. The first-order valence-electron chi connectivity index (χ1n) is 10.5. The van der Waals surface area contributed by atoms with Gasteiger partial charge in [0.05, 0.1) is 0 Å². The molecule has 0 unspecified atom stereocenters. The summed E-state index contributed by atoms with van der Waals surface area (Å²) in [6, 6.07) is 13.0. The van der Waals surface area contributed by atoms with Gasteiger partial charge in [-0.3, -0.25) is 0 Å². The first kappa shape index (κ1) is 22.1. The molecule has 0 amide bonds. The summed E-state index contributed by atoms with van der Waals surface area (Å²) in [6.07, 6.45) is 6.53. The third-order valence-corrected chi connectivity index (χ3v) is 8.98. The Morgan fingerprint density at radius 3 is 1.41 bits per heavy atom. The van der Waals surface area contributed by atoms with Gasteiger partial charge in [0.1, 0.15) is 0 Å². The molecule has 0 atom stereocenters. The number of rotatable bonds is 10. The molecule has 0 fully saturated rings. The molecule has 0 aliphatic rings. The molecule has 0 radical (unpaired) electrons. The quantitative estimate of drug-likeness (QED) is 0.349. The molecular formula is C24H36O2Sn. The van der Waals surface area contributed by atoms with Gasteiger partial charge in [0.15, 0.2) is 0 Å². The molecule has 0 N–H and O–H groups in total. The van der Waals surface area contributed by atoms with Gasteiger partial charge in [-0.1, -0.05) is 0 Å². The molecule has 2 nitrogen and oxygen atoms in total. The SMILES string of the molecule is CCCc1cccc([O][Sn]([CH3])([CH3])[O]c2cccc(CCC)c2CC)c1CC. The number of hydrogen-bond acceptors (Lipinski definition) is 2. The summed E-state index contributed by atoms with van der Waals surface area (Å²) in [5.41, 5.74) is 5.53. The Bertz CT molecular complexity index is 676. The standard InChI is InChI=1S/2C11H16O.2CH3.Sn/c2*1-3-6-9-7-5-8-11(12)10(9)4-2;;;/h2*5,7-8,12H,3-4,6H2,1-2H3;2*1H3;/q;;;;+2/p-2. The van der Waals surface area contributed by atoms with Gasteiger partial charge in [-0.15, -0.1) is 0 Å². The molecule has 0 spiro atoms. The Morgan fingerprint density at radius 2 is 1.07 bits per heavy atom. The molecule has 2 aromatic carbocycles. The van der Waals surface area contributed by atoms with Gasteiger partial charge < -0.3 is 0 Å². The Kier molecular flexibility index (Phi) is 8.53. The van der Waals surface area contributed by atoms with E-state index in [2.05, 4.69) is 74.0 Å². The van der Waals surface area contributed by atoms with Crippen LogP contribution in [0.5, 0.6) is 11.5 Å². The summed E-state index contributed by atoms with van der Waals surface area (Å²) in [4.78, 5) is 4.43. The van der Waals surface area contributed by atoms with Crippen molar-refractivity contribution in [3.8, 4) is 11.5 Å². The predicted octanol–water partition coefficient (Wildman–Crippen LogP) is 6.88. The second-order valence-electron chi connectivity index (χ2n) is 7.60. The second kappa shape index (κ2) is 10.4. The van der Waals surface area contributed by atoms with Crippen LogP contribution < -0.4 is 6.15 Å². The van der Waals surface area contributed by atoms with Crippen molar-refractivity contribution in [1.29, 1.82) is 0 Å². The van der Waals surface area contributed by atoms with Gasteiger partial charge in [-0.2, -0.15) is 0 Å². The van der Waals surface area contributed by atoms with Crippen molar-refractivity contribution in [3.63, 3.8) is 0 Å². The Balaban J connectivity index is 2.28. The number of benzene rings is 2. The molecule has 0 saturated carbocycles. The zero-order chi connectivity index (χ0) is 19.9. The van der Waals surface area contributed by atoms with Crippen LogP contribution in [-0.4, -0.2) is 19.2 Å². The average Bonchev–Trinajstić information content (AvgIpc) is 2.62. The van der Waals surface area contributed by atoms with E-state index in [1.54, 1.807) is 0 Å². The number of aryl methyl sites for hydroxylation is 2. The van der Waals surface area contributed by atoms with Crippen molar-refractivity contribution in [2.45, 2.75) is 76.1 Å². The predicted molar refractivity (Wildman–Crippen MR) is 118 cm³/mol. The van der Waals surface area contributed by atoms with Gasteiger partial charge in [0.2, 0.25) is 0 Å². The van der Waals surface area contributed by atoms with Crippen molar-refractivity contribution in [3.05, 3.63) is 58.7 Å². The molecule has 0 bridgehead atoms. The van der Waals surface area contributed by atoms with Crippen molar-refractivity contribution >= 4 is 19.2 Å². The number of hydrogen-bond donors (Lipinski definition) is 0. The van der Waals surface area contributed by atoms with Crippen LogP contribution in [0.25, 0.3) is 0 Å². The van der Waals surface area contributed by atoms with Crippen LogP contribution >= 0.6 is 0 Å². The van der Waals surface area contributed by atoms with E-state index in [0.29, 0.717) is 0 Å². The fourth-order valence-corrected chi connectivity index (χ4v) is 8.01. The Labute approximate surface area is 171 Å². The third-order valence-electron chi connectivity index (χ3n) is 4.92. The van der Waals surface area contributed by atoms with Gasteiger partial charge in [0, 0.05) is 0 Å². The molecule has 0 saturated heterocycles. The van der Waals surface area contributed by atoms with Gasteiger partial charge >= 0.3 is 172 Å². The van der Waals surface area contributed by atoms with Crippen LogP contribution in [0.4, 0.5) is 0 Å². The second-order valence-corrected chi connectivity index (χ2v) is 16.8. The minimum absolute atomic E-state index is 1.000.